The molecule has 0 saturated heterocycles. The van der Waals surface area contributed by atoms with Gasteiger partial charge in [-0.3, -0.25) is 4.68 Å². The number of anilines is 1. The van der Waals surface area contributed by atoms with Crippen LogP contribution in [-0.4, -0.2) is 16.9 Å². The van der Waals surface area contributed by atoms with E-state index in [0.29, 0.717) is 5.82 Å². The first-order chi connectivity index (χ1) is 5.69. The Kier molecular flexibility index (Phi) is 2.70. The number of aromatic nitrogens is 2. The van der Waals surface area contributed by atoms with E-state index in [1.165, 1.54) is 0 Å². The molecule has 0 amide bonds. The molecule has 4 heteroatoms. The van der Waals surface area contributed by atoms with Crippen LogP contribution in [0.1, 0.15) is 25.1 Å². The molecular formula is C8H15N3O. The van der Waals surface area contributed by atoms with E-state index in [2.05, 4.69) is 12.0 Å². The smallest absolute Gasteiger partial charge is 0.121 e. The maximum Gasteiger partial charge on any atom is 0.121 e. The molecule has 1 heterocycles. The van der Waals surface area contributed by atoms with Crippen molar-refractivity contribution in [1.29, 1.82) is 0 Å². The van der Waals surface area contributed by atoms with Gasteiger partial charge in [0.1, 0.15) is 11.9 Å². The lowest BCUT2D eigenvalue weighted by atomic mass is 10.2. The number of rotatable bonds is 3. The van der Waals surface area contributed by atoms with Crippen LogP contribution in [0.25, 0.3) is 0 Å². The topological polar surface area (TPSA) is 53.1 Å². The molecule has 1 unspecified atom stereocenters. The Morgan fingerprint density at radius 1 is 1.75 bits per heavy atom. The molecule has 0 aliphatic rings. The number of hydrogen-bond donors (Lipinski definition) is 1. The first-order valence-electron chi connectivity index (χ1n) is 4.01. The molecule has 0 fully saturated rings. The van der Waals surface area contributed by atoms with Gasteiger partial charge in [-0.1, -0.05) is 6.92 Å². The monoisotopic (exact) mass is 169 g/mol. The van der Waals surface area contributed by atoms with E-state index in [9.17, 15) is 0 Å². The normalized spacial score (nSPS) is 13.2. The van der Waals surface area contributed by atoms with Crippen LogP contribution in [0.2, 0.25) is 0 Å². The van der Waals surface area contributed by atoms with Gasteiger partial charge < -0.3 is 10.5 Å². The van der Waals surface area contributed by atoms with Crippen LogP contribution < -0.4 is 5.73 Å². The quantitative estimate of drug-likeness (QED) is 0.737. The van der Waals surface area contributed by atoms with Gasteiger partial charge in [-0.15, -0.1) is 0 Å². The Hall–Kier alpha value is -1.03. The minimum Gasteiger partial charge on any atom is -0.384 e. The summed E-state index contributed by atoms with van der Waals surface area (Å²) in [7, 11) is 3.50. The molecule has 1 aromatic heterocycles. The lowest BCUT2D eigenvalue weighted by Crippen LogP contribution is -2.02. The van der Waals surface area contributed by atoms with Crippen LogP contribution in [0.5, 0.6) is 0 Å². The van der Waals surface area contributed by atoms with Crippen molar-refractivity contribution in [2.75, 3.05) is 12.8 Å². The Labute approximate surface area is 72.3 Å². The minimum absolute atomic E-state index is 0.0634. The maximum absolute atomic E-state index is 5.63. The second kappa shape index (κ2) is 3.58. The van der Waals surface area contributed by atoms with Crippen LogP contribution in [0.3, 0.4) is 0 Å². The largest absolute Gasteiger partial charge is 0.384 e. The molecule has 0 aliphatic heterocycles. The van der Waals surface area contributed by atoms with Gasteiger partial charge >= 0.3 is 0 Å². The van der Waals surface area contributed by atoms with E-state index in [4.69, 9.17) is 10.5 Å². The number of methoxy groups -OCH3 is 1. The van der Waals surface area contributed by atoms with Gasteiger partial charge in [-0.05, 0) is 6.42 Å². The van der Waals surface area contributed by atoms with Gasteiger partial charge in [-0.25, -0.2) is 0 Å². The highest BCUT2D eigenvalue weighted by Crippen LogP contribution is 2.19. The van der Waals surface area contributed by atoms with Gasteiger partial charge in [-0.2, -0.15) is 5.10 Å². The highest BCUT2D eigenvalue weighted by atomic mass is 16.5. The summed E-state index contributed by atoms with van der Waals surface area (Å²) in [6.45, 7) is 2.05. The summed E-state index contributed by atoms with van der Waals surface area (Å²) < 4.78 is 6.87. The molecule has 4 nitrogen and oxygen atoms in total. The third-order valence-corrected chi connectivity index (χ3v) is 1.92. The number of ether oxygens (including phenoxy) is 1. The zero-order valence-corrected chi connectivity index (χ0v) is 7.74. The van der Waals surface area contributed by atoms with Crippen molar-refractivity contribution in [2.24, 2.45) is 7.05 Å². The van der Waals surface area contributed by atoms with E-state index in [1.807, 2.05) is 13.1 Å². The summed E-state index contributed by atoms with van der Waals surface area (Å²) in [5, 5.41) is 4.22. The predicted octanol–water partition coefficient (Wildman–Crippen LogP) is 1.10. The zero-order chi connectivity index (χ0) is 9.14. The van der Waals surface area contributed by atoms with Crippen LogP contribution in [0.4, 0.5) is 5.82 Å². The molecule has 0 aromatic carbocycles. The molecule has 12 heavy (non-hydrogen) atoms. The Bertz CT molecular complexity index is 233. The molecule has 0 spiro atoms. The summed E-state index contributed by atoms with van der Waals surface area (Å²) in [6.07, 6.45) is 0.973. The second-order valence-electron chi connectivity index (χ2n) is 2.75. The van der Waals surface area contributed by atoms with E-state index < -0.39 is 0 Å². The van der Waals surface area contributed by atoms with Crippen molar-refractivity contribution in [1.82, 2.24) is 9.78 Å². The third kappa shape index (κ3) is 1.58. The van der Waals surface area contributed by atoms with Crippen LogP contribution in [0, 0.1) is 0 Å². The van der Waals surface area contributed by atoms with Crippen molar-refractivity contribution < 1.29 is 4.74 Å². The van der Waals surface area contributed by atoms with Crippen molar-refractivity contribution in [2.45, 2.75) is 19.4 Å². The van der Waals surface area contributed by atoms with Gasteiger partial charge in [0.15, 0.2) is 0 Å². The standard InChI is InChI=1S/C8H15N3O/c1-4-7(12-3)6-5-8(9)11(2)10-6/h5,7H,4,9H2,1-3H3. The molecule has 2 N–H and O–H groups in total. The molecule has 1 atom stereocenters. The zero-order valence-electron chi connectivity index (χ0n) is 7.74. The number of hydrogen-bond acceptors (Lipinski definition) is 3. The molecular weight excluding hydrogens is 154 g/mol. The van der Waals surface area contributed by atoms with Gasteiger partial charge in [0, 0.05) is 20.2 Å². The van der Waals surface area contributed by atoms with Crippen LogP contribution in [-0.2, 0) is 11.8 Å². The summed E-state index contributed by atoms with van der Waals surface area (Å²) in [4.78, 5) is 0. The fraction of sp³-hybridized carbons (Fsp3) is 0.625. The summed E-state index contributed by atoms with van der Waals surface area (Å²) in [6, 6.07) is 1.84. The van der Waals surface area contributed by atoms with Gasteiger partial charge in [0.2, 0.25) is 0 Å². The number of nitrogens with two attached hydrogens (primary N) is 1. The lowest BCUT2D eigenvalue weighted by molar-refractivity contribution is 0.0960. The Balaban J connectivity index is 2.86. The van der Waals surface area contributed by atoms with Crippen LogP contribution in [0.15, 0.2) is 6.07 Å². The third-order valence-electron chi connectivity index (χ3n) is 1.92. The molecule has 1 rings (SSSR count). The minimum atomic E-state index is 0.0634. The summed E-state index contributed by atoms with van der Waals surface area (Å²) in [5.74, 6) is 0.667. The maximum atomic E-state index is 5.63. The first kappa shape index (κ1) is 9.06. The lowest BCUT2D eigenvalue weighted by Gasteiger charge is -2.08. The number of nitrogens with zero attached hydrogens (tertiary/aromatic N) is 2. The summed E-state index contributed by atoms with van der Waals surface area (Å²) >= 11 is 0. The van der Waals surface area contributed by atoms with E-state index in [-0.39, 0.29) is 6.10 Å². The molecule has 0 radical (unpaired) electrons. The van der Waals surface area contributed by atoms with E-state index in [0.717, 1.165) is 12.1 Å². The number of nitrogen functional groups attached to an aromatic ring is 1. The van der Waals surface area contributed by atoms with Crippen molar-refractivity contribution in [3.8, 4) is 0 Å². The fourth-order valence-electron chi connectivity index (χ4n) is 1.16. The molecule has 0 bridgehead atoms. The average Bonchev–Trinajstić information content (AvgIpc) is 2.35. The van der Waals surface area contributed by atoms with Crippen molar-refractivity contribution in [3.05, 3.63) is 11.8 Å². The molecule has 0 saturated carbocycles. The second-order valence-corrected chi connectivity index (χ2v) is 2.75. The van der Waals surface area contributed by atoms with Gasteiger partial charge in [0.25, 0.3) is 0 Å². The fourth-order valence-corrected chi connectivity index (χ4v) is 1.16. The number of aryl methyl sites for hydroxylation is 1. The molecule has 68 valence electrons. The average molecular weight is 169 g/mol. The highest BCUT2D eigenvalue weighted by Gasteiger charge is 2.12. The van der Waals surface area contributed by atoms with Crippen molar-refractivity contribution >= 4 is 5.82 Å². The van der Waals surface area contributed by atoms with E-state index in [1.54, 1.807) is 11.8 Å². The molecule has 0 aliphatic carbocycles. The Morgan fingerprint density at radius 3 is 2.75 bits per heavy atom. The van der Waals surface area contributed by atoms with Gasteiger partial charge in [0.05, 0.1) is 5.69 Å². The van der Waals surface area contributed by atoms with E-state index >= 15 is 0 Å². The Morgan fingerprint density at radius 2 is 2.42 bits per heavy atom. The highest BCUT2D eigenvalue weighted by molar-refractivity contribution is 5.31. The predicted molar refractivity (Wildman–Crippen MR) is 47.7 cm³/mol. The van der Waals surface area contributed by atoms with Crippen LogP contribution >= 0.6 is 0 Å². The molecule has 1 aromatic rings. The first-order valence-corrected chi connectivity index (χ1v) is 4.01. The summed E-state index contributed by atoms with van der Waals surface area (Å²) in [5.41, 5.74) is 6.54. The van der Waals surface area contributed by atoms with Crippen molar-refractivity contribution in [3.63, 3.8) is 0 Å². The SMILES string of the molecule is CCC(OC)c1cc(N)n(C)n1.